The van der Waals surface area contributed by atoms with Crippen molar-refractivity contribution < 1.29 is 18.0 Å². The predicted octanol–water partition coefficient (Wildman–Crippen LogP) is 4.63. The molecule has 1 aliphatic heterocycles. The van der Waals surface area contributed by atoms with Crippen molar-refractivity contribution in [3.63, 3.8) is 0 Å². The molecule has 2 aromatic carbocycles. The van der Waals surface area contributed by atoms with Crippen molar-refractivity contribution in [1.29, 1.82) is 5.26 Å². The fourth-order valence-electron chi connectivity index (χ4n) is 3.55. The van der Waals surface area contributed by atoms with Crippen molar-refractivity contribution in [1.82, 2.24) is 9.97 Å². The standard InChI is InChI=1S/C22H16F3N5OS/c1-29-16-9-5-6-10-17(16)30(2)20(29)14(11-26)18(31)12-32-19-13-7-3-4-8-15(13)27-21(28-19)22(23,24)25/h3-10H,12H2,1-2H3. The summed E-state index contributed by atoms with van der Waals surface area (Å²) >= 11 is 0.854. The molecule has 0 spiro atoms. The number of halogens is 3. The number of hydrogen-bond donors (Lipinski definition) is 0. The molecule has 0 saturated heterocycles. The van der Waals surface area contributed by atoms with E-state index < -0.39 is 17.8 Å². The van der Waals surface area contributed by atoms with Crippen molar-refractivity contribution in [2.45, 2.75) is 11.2 Å². The van der Waals surface area contributed by atoms with Gasteiger partial charge in [-0.3, -0.25) is 4.79 Å². The average molecular weight is 455 g/mol. The van der Waals surface area contributed by atoms with E-state index in [1.165, 1.54) is 6.07 Å². The molecule has 0 amide bonds. The van der Waals surface area contributed by atoms with E-state index in [-0.39, 0.29) is 21.9 Å². The highest BCUT2D eigenvalue weighted by Gasteiger charge is 2.36. The van der Waals surface area contributed by atoms with E-state index in [0.29, 0.717) is 11.2 Å². The molecule has 2 heterocycles. The number of alkyl halides is 3. The first-order chi connectivity index (χ1) is 15.2. The molecule has 0 unspecified atom stereocenters. The quantitative estimate of drug-likeness (QED) is 0.246. The lowest BCUT2D eigenvalue weighted by Gasteiger charge is -2.19. The second-order valence-corrected chi connectivity index (χ2v) is 7.96. The zero-order chi connectivity index (χ0) is 23.0. The number of anilines is 2. The fourth-order valence-corrected chi connectivity index (χ4v) is 4.44. The Morgan fingerprint density at radius 2 is 1.62 bits per heavy atom. The number of benzene rings is 2. The van der Waals surface area contributed by atoms with E-state index in [0.717, 1.165) is 23.1 Å². The molecule has 6 nitrogen and oxygen atoms in total. The summed E-state index contributed by atoms with van der Waals surface area (Å²) in [6.45, 7) is 0. The predicted molar refractivity (Wildman–Crippen MR) is 116 cm³/mol. The van der Waals surface area contributed by atoms with Crippen LogP contribution in [0.1, 0.15) is 5.82 Å². The minimum atomic E-state index is -4.72. The number of nitriles is 1. The number of allylic oxidation sites excluding steroid dienone is 1. The summed E-state index contributed by atoms with van der Waals surface area (Å²) in [5, 5.41) is 10.2. The van der Waals surface area contributed by atoms with E-state index >= 15 is 0 Å². The van der Waals surface area contributed by atoms with Gasteiger partial charge in [-0.25, -0.2) is 9.97 Å². The summed E-state index contributed by atoms with van der Waals surface area (Å²) in [4.78, 5) is 23.7. The molecule has 4 rings (SSSR count). The van der Waals surface area contributed by atoms with Gasteiger partial charge in [0.1, 0.15) is 22.5 Å². The van der Waals surface area contributed by atoms with Gasteiger partial charge in [0.15, 0.2) is 5.78 Å². The number of hydrogen-bond acceptors (Lipinski definition) is 7. The topological polar surface area (TPSA) is 73.1 Å². The van der Waals surface area contributed by atoms with Crippen molar-refractivity contribution >= 4 is 39.8 Å². The Bertz CT molecular complexity index is 1270. The van der Waals surface area contributed by atoms with E-state index in [9.17, 15) is 23.2 Å². The van der Waals surface area contributed by atoms with Gasteiger partial charge in [0.2, 0.25) is 5.82 Å². The summed E-state index contributed by atoms with van der Waals surface area (Å²) in [6.07, 6.45) is -4.72. The van der Waals surface area contributed by atoms with Crippen LogP contribution in [0.3, 0.4) is 0 Å². The van der Waals surface area contributed by atoms with Gasteiger partial charge >= 0.3 is 6.18 Å². The molecule has 10 heteroatoms. The molecule has 0 bridgehead atoms. The van der Waals surface area contributed by atoms with Gasteiger partial charge in [0.25, 0.3) is 0 Å². The summed E-state index contributed by atoms with van der Waals surface area (Å²) < 4.78 is 39.7. The minimum absolute atomic E-state index is 0.0370. The first kappa shape index (κ1) is 21.6. The summed E-state index contributed by atoms with van der Waals surface area (Å²) in [6, 6.07) is 15.7. The number of carbonyl (C=O) groups is 1. The van der Waals surface area contributed by atoms with Gasteiger partial charge in [-0.1, -0.05) is 42.1 Å². The van der Waals surface area contributed by atoms with Crippen LogP contribution in [-0.4, -0.2) is 35.6 Å². The lowest BCUT2D eigenvalue weighted by atomic mass is 10.2. The number of para-hydroxylation sites is 3. The third-order valence-electron chi connectivity index (χ3n) is 5.02. The molecule has 1 aliphatic rings. The number of thioether (sulfide) groups is 1. The van der Waals surface area contributed by atoms with Gasteiger partial charge in [0, 0.05) is 19.5 Å². The Kier molecular flexibility index (Phi) is 5.52. The lowest BCUT2D eigenvalue weighted by molar-refractivity contribution is -0.145. The molecule has 0 saturated carbocycles. The normalized spacial score (nSPS) is 13.3. The van der Waals surface area contributed by atoms with Crippen LogP contribution in [0.4, 0.5) is 24.5 Å². The first-order valence-corrected chi connectivity index (χ1v) is 10.4. The van der Waals surface area contributed by atoms with Crippen LogP contribution in [0.15, 0.2) is 65.0 Å². The number of carbonyl (C=O) groups excluding carboxylic acids is 1. The highest BCUT2D eigenvalue weighted by atomic mass is 32.2. The zero-order valence-electron chi connectivity index (χ0n) is 17.0. The molecule has 0 fully saturated rings. The smallest absolute Gasteiger partial charge is 0.328 e. The van der Waals surface area contributed by atoms with Gasteiger partial charge in [-0.05, 0) is 18.2 Å². The number of nitrogens with zero attached hydrogens (tertiary/aromatic N) is 5. The molecule has 32 heavy (non-hydrogen) atoms. The average Bonchev–Trinajstić information content (AvgIpc) is 3.02. The van der Waals surface area contributed by atoms with Gasteiger partial charge in [0.05, 0.1) is 22.6 Å². The first-order valence-electron chi connectivity index (χ1n) is 9.43. The minimum Gasteiger partial charge on any atom is -0.328 e. The maximum absolute atomic E-state index is 13.2. The SMILES string of the molecule is CN1C(=C(C#N)C(=O)CSc2nc(C(F)(F)F)nc3ccccc23)N(C)c2ccccc21. The Balaban J connectivity index is 1.66. The van der Waals surface area contributed by atoms with Crippen molar-refractivity contribution in [3.05, 3.63) is 65.7 Å². The molecular formula is C22H16F3N5OS. The van der Waals surface area contributed by atoms with Crippen LogP contribution < -0.4 is 9.80 Å². The molecule has 3 aromatic rings. The third kappa shape index (κ3) is 3.76. The van der Waals surface area contributed by atoms with Crippen LogP contribution in [-0.2, 0) is 11.0 Å². The van der Waals surface area contributed by atoms with Crippen LogP contribution in [0.5, 0.6) is 0 Å². The third-order valence-corrected chi connectivity index (χ3v) is 6.01. The van der Waals surface area contributed by atoms with Crippen LogP contribution in [0.2, 0.25) is 0 Å². The molecular weight excluding hydrogens is 439 g/mol. The van der Waals surface area contributed by atoms with Crippen LogP contribution >= 0.6 is 11.8 Å². The molecule has 0 N–H and O–H groups in total. The highest BCUT2D eigenvalue weighted by Crippen LogP contribution is 2.40. The molecule has 1 aromatic heterocycles. The summed E-state index contributed by atoms with van der Waals surface area (Å²) in [5.41, 5.74) is 1.74. The van der Waals surface area contributed by atoms with Crippen molar-refractivity contribution in [3.8, 4) is 6.07 Å². The number of rotatable bonds is 4. The maximum Gasteiger partial charge on any atom is 0.451 e. The zero-order valence-corrected chi connectivity index (χ0v) is 17.8. The molecule has 0 atom stereocenters. The number of fused-ring (bicyclic) bond motifs is 2. The second-order valence-electron chi connectivity index (χ2n) is 7.00. The number of ketones is 1. The van der Waals surface area contributed by atoms with Gasteiger partial charge in [-0.2, -0.15) is 18.4 Å². The summed E-state index contributed by atoms with van der Waals surface area (Å²) in [7, 11) is 3.51. The Morgan fingerprint density at radius 3 is 2.22 bits per heavy atom. The van der Waals surface area contributed by atoms with E-state index in [4.69, 9.17) is 0 Å². The van der Waals surface area contributed by atoms with Gasteiger partial charge in [-0.15, -0.1) is 0 Å². The monoisotopic (exact) mass is 455 g/mol. The molecule has 162 valence electrons. The van der Waals surface area contributed by atoms with E-state index in [1.54, 1.807) is 42.1 Å². The molecule has 0 aliphatic carbocycles. The Morgan fingerprint density at radius 1 is 1.03 bits per heavy atom. The van der Waals surface area contributed by atoms with E-state index in [1.807, 2.05) is 30.3 Å². The number of Topliss-reactive ketones (excluding diaryl/α,β-unsaturated/α-hetero) is 1. The van der Waals surface area contributed by atoms with Crippen molar-refractivity contribution in [2.24, 2.45) is 0 Å². The number of aromatic nitrogens is 2. The van der Waals surface area contributed by atoms with Gasteiger partial charge < -0.3 is 9.80 Å². The van der Waals surface area contributed by atoms with Crippen molar-refractivity contribution in [2.75, 3.05) is 29.6 Å². The second kappa shape index (κ2) is 8.16. The van der Waals surface area contributed by atoms with Crippen LogP contribution in [0.25, 0.3) is 10.9 Å². The Labute approximate surface area is 186 Å². The fraction of sp³-hybridized carbons (Fsp3) is 0.182. The Hall–Kier alpha value is -3.58. The molecule has 0 radical (unpaired) electrons. The maximum atomic E-state index is 13.2. The van der Waals surface area contributed by atoms with Crippen LogP contribution in [0, 0.1) is 11.3 Å². The lowest BCUT2D eigenvalue weighted by Crippen LogP contribution is -2.26. The largest absolute Gasteiger partial charge is 0.451 e. The highest BCUT2D eigenvalue weighted by molar-refractivity contribution is 8.00. The van der Waals surface area contributed by atoms with E-state index in [2.05, 4.69) is 9.97 Å². The summed E-state index contributed by atoms with van der Waals surface area (Å²) in [5.74, 6) is -1.60.